The topological polar surface area (TPSA) is 82.5 Å². The van der Waals surface area contributed by atoms with Gasteiger partial charge in [-0.15, -0.1) is 0 Å². The molecule has 1 aromatic carbocycles. The molecule has 0 radical (unpaired) electrons. The molecule has 7 nitrogen and oxygen atoms in total. The zero-order chi connectivity index (χ0) is 22.5. The molecule has 1 aliphatic heterocycles. The average molecular weight is 443 g/mol. The molecule has 2 N–H and O–H groups in total. The van der Waals surface area contributed by atoms with Crippen LogP contribution in [0.4, 0.5) is 8.78 Å². The van der Waals surface area contributed by atoms with Crippen molar-refractivity contribution in [3.8, 4) is 5.75 Å². The van der Waals surface area contributed by atoms with Crippen molar-refractivity contribution in [2.24, 2.45) is 0 Å². The Labute approximate surface area is 181 Å². The van der Waals surface area contributed by atoms with Gasteiger partial charge in [-0.25, -0.2) is 4.39 Å². The third-order valence-corrected chi connectivity index (χ3v) is 6.02. The highest BCUT2D eigenvalue weighted by atomic mass is 19.2. The van der Waals surface area contributed by atoms with Gasteiger partial charge in [0, 0.05) is 33.3 Å². The molecule has 31 heavy (non-hydrogen) atoms. The first-order valence-corrected chi connectivity index (χ1v) is 10.7. The molecule has 1 heterocycles. The molecule has 0 aromatic heterocycles. The number of carbonyl (C=O) groups is 1. The van der Waals surface area contributed by atoms with Gasteiger partial charge in [-0.2, -0.15) is 4.39 Å². The van der Waals surface area contributed by atoms with Crippen molar-refractivity contribution in [1.29, 1.82) is 0 Å². The van der Waals surface area contributed by atoms with Crippen molar-refractivity contribution in [1.82, 2.24) is 9.80 Å². The lowest BCUT2D eigenvalue weighted by atomic mass is 9.84. The number of aliphatic hydroxyl groups is 2. The van der Waals surface area contributed by atoms with Crippen LogP contribution in [0.1, 0.15) is 32.1 Å². The summed E-state index contributed by atoms with van der Waals surface area (Å²) in [6, 6.07) is 3.60. The van der Waals surface area contributed by atoms with E-state index in [2.05, 4.69) is 0 Å². The lowest BCUT2D eigenvalue weighted by Gasteiger charge is -2.38. The molecule has 1 amide bonds. The monoisotopic (exact) mass is 442 g/mol. The Kier molecular flexibility index (Phi) is 7.85. The van der Waals surface area contributed by atoms with E-state index in [0.717, 1.165) is 25.3 Å². The molecule has 0 bridgehead atoms. The molecular weight excluding hydrogens is 410 g/mol. The summed E-state index contributed by atoms with van der Waals surface area (Å²) in [6.45, 7) is 0.821. The van der Waals surface area contributed by atoms with E-state index in [1.807, 2.05) is 4.90 Å². The van der Waals surface area contributed by atoms with Crippen LogP contribution < -0.4 is 4.74 Å². The van der Waals surface area contributed by atoms with Gasteiger partial charge in [0.25, 0.3) is 0 Å². The molecule has 1 atom stereocenters. The molecule has 1 saturated carbocycles. The molecular formula is C22H32F2N2O5. The van der Waals surface area contributed by atoms with E-state index in [1.165, 1.54) is 24.1 Å². The van der Waals surface area contributed by atoms with E-state index in [1.54, 1.807) is 0 Å². The number of rotatable bonds is 7. The second kappa shape index (κ2) is 10.2. The molecule has 9 heteroatoms. The van der Waals surface area contributed by atoms with Crippen molar-refractivity contribution in [3.05, 3.63) is 29.8 Å². The van der Waals surface area contributed by atoms with Crippen LogP contribution >= 0.6 is 0 Å². The van der Waals surface area contributed by atoms with Crippen molar-refractivity contribution >= 4 is 5.91 Å². The molecule has 174 valence electrons. The van der Waals surface area contributed by atoms with E-state index >= 15 is 0 Å². The SMILES string of the molecule is COCC(=O)N1CCN(CC2(O)CCCCC2)CC(O)(COc2cccc(F)c2F)C1. The second-order valence-electron chi connectivity index (χ2n) is 8.81. The number of nitrogens with zero attached hydrogens (tertiary/aromatic N) is 2. The number of hydrogen-bond acceptors (Lipinski definition) is 6. The van der Waals surface area contributed by atoms with Gasteiger partial charge in [-0.3, -0.25) is 9.69 Å². The predicted molar refractivity (Wildman–Crippen MR) is 110 cm³/mol. The van der Waals surface area contributed by atoms with Crippen LogP contribution in [0.15, 0.2) is 18.2 Å². The first-order chi connectivity index (χ1) is 14.7. The van der Waals surface area contributed by atoms with Crippen LogP contribution in [0.5, 0.6) is 5.75 Å². The molecule has 0 spiro atoms. The second-order valence-corrected chi connectivity index (χ2v) is 8.81. The summed E-state index contributed by atoms with van der Waals surface area (Å²) in [5.41, 5.74) is -2.37. The first kappa shape index (κ1) is 23.8. The number of methoxy groups -OCH3 is 1. The number of benzene rings is 1. The summed E-state index contributed by atoms with van der Waals surface area (Å²) in [6.07, 6.45) is 4.39. The van der Waals surface area contributed by atoms with E-state index in [9.17, 15) is 23.8 Å². The fourth-order valence-corrected chi connectivity index (χ4v) is 4.49. The largest absolute Gasteiger partial charge is 0.487 e. The van der Waals surface area contributed by atoms with Crippen molar-refractivity contribution < 1.29 is 33.3 Å². The maximum Gasteiger partial charge on any atom is 0.248 e. The molecule has 1 aromatic rings. The van der Waals surface area contributed by atoms with Gasteiger partial charge in [0.1, 0.15) is 18.8 Å². The maximum absolute atomic E-state index is 14.0. The van der Waals surface area contributed by atoms with Crippen LogP contribution in [-0.4, -0.2) is 90.2 Å². The fourth-order valence-electron chi connectivity index (χ4n) is 4.49. The predicted octanol–water partition coefficient (Wildman–Crippen LogP) is 1.56. The zero-order valence-corrected chi connectivity index (χ0v) is 18.0. The van der Waals surface area contributed by atoms with Crippen LogP contribution in [0.25, 0.3) is 0 Å². The third kappa shape index (κ3) is 6.35. The van der Waals surface area contributed by atoms with Crippen LogP contribution in [0.2, 0.25) is 0 Å². The highest BCUT2D eigenvalue weighted by Gasteiger charge is 2.40. The highest BCUT2D eigenvalue weighted by Crippen LogP contribution is 2.30. The van der Waals surface area contributed by atoms with E-state index in [0.29, 0.717) is 32.5 Å². The van der Waals surface area contributed by atoms with Gasteiger partial charge >= 0.3 is 0 Å². The normalized spacial score (nSPS) is 24.6. The Morgan fingerprint density at radius 1 is 1.10 bits per heavy atom. The van der Waals surface area contributed by atoms with Gasteiger partial charge in [-0.1, -0.05) is 25.3 Å². The quantitative estimate of drug-likeness (QED) is 0.667. The molecule has 1 aliphatic carbocycles. The fraction of sp³-hybridized carbons (Fsp3) is 0.682. The van der Waals surface area contributed by atoms with Crippen molar-refractivity contribution in [2.45, 2.75) is 43.3 Å². The Morgan fingerprint density at radius 2 is 1.84 bits per heavy atom. The number of hydrogen-bond donors (Lipinski definition) is 2. The smallest absolute Gasteiger partial charge is 0.248 e. The number of ether oxygens (including phenoxy) is 2. The minimum atomic E-state index is -1.54. The summed E-state index contributed by atoms with van der Waals surface area (Å²) < 4.78 is 37.9. The van der Waals surface area contributed by atoms with Crippen LogP contribution in [0.3, 0.4) is 0 Å². The number of halogens is 2. The summed E-state index contributed by atoms with van der Waals surface area (Å²) in [7, 11) is 1.42. The highest BCUT2D eigenvalue weighted by molar-refractivity contribution is 5.77. The molecule has 2 fully saturated rings. The molecule has 3 rings (SSSR count). The van der Waals surface area contributed by atoms with E-state index in [4.69, 9.17) is 9.47 Å². The number of β-amino-alcohol motifs (C(OH)–C–C–N with tert-alkyl or cyclic N) is 2. The Bertz CT molecular complexity index is 759. The summed E-state index contributed by atoms with van der Waals surface area (Å²) in [4.78, 5) is 15.9. The Morgan fingerprint density at radius 3 is 2.55 bits per heavy atom. The zero-order valence-electron chi connectivity index (χ0n) is 18.0. The van der Waals surface area contributed by atoms with E-state index in [-0.39, 0.29) is 38.0 Å². The summed E-state index contributed by atoms with van der Waals surface area (Å²) >= 11 is 0. The Hall–Kier alpha value is -1.81. The number of carbonyl (C=O) groups excluding carboxylic acids is 1. The minimum Gasteiger partial charge on any atom is -0.487 e. The van der Waals surface area contributed by atoms with Gasteiger partial charge < -0.3 is 24.6 Å². The Balaban J connectivity index is 1.75. The van der Waals surface area contributed by atoms with Gasteiger partial charge in [0.15, 0.2) is 11.6 Å². The molecule has 1 saturated heterocycles. The summed E-state index contributed by atoms with van der Waals surface area (Å²) in [5.74, 6) is -2.75. The van der Waals surface area contributed by atoms with Gasteiger partial charge in [0.2, 0.25) is 11.7 Å². The van der Waals surface area contributed by atoms with E-state index < -0.39 is 22.8 Å². The number of amides is 1. The third-order valence-electron chi connectivity index (χ3n) is 6.02. The van der Waals surface area contributed by atoms with Crippen molar-refractivity contribution in [2.75, 3.05) is 53.0 Å². The first-order valence-electron chi connectivity index (χ1n) is 10.7. The molecule has 1 unspecified atom stereocenters. The summed E-state index contributed by atoms with van der Waals surface area (Å²) in [5, 5.41) is 22.3. The van der Waals surface area contributed by atoms with Crippen LogP contribution in [-0.2, 0) is 9.53 Å². The lowest BCUT2D eigenvalue weighted by molar-refractivity contribution is -0.138. The van der Waals surface area contributed by atoms with Gasteiger partial charge in [0.05, 0.1) is 12.1 Å². The lowest BCUT2D eigenvalue weighted by Crippen LogP contribution is -2.54. The average Bonchev–Trinajstić information content (AvgIpc) is 2.88. The van der Waals surface area contributed by atoms with Gasteiger partial charge in [-0.05, 0) is 25.0 Å². The standard InChI is InChI=1S/C22H32F2N2O5/c1-30-12-19(27)26-11-10-25(13-21(28)8-3-2-4-9-21)14-22(29,15-26)16-31-18-7-5-6-17(23)20(18)24/h5-7,28-29H,2-4,8-16H2,1H3. The minimum absolute atomic E-state index is 0.0406. The van der Waals surface area contributed by atoms with Crippen molar-refractivity contribution in [3.63, 3.8) is 0 Å². The molecule has 2 aliphatic rings. The maximum atomic E-state index is 14.0. The van der Waals surface area contributed by atoms with Crippen LogP contribution in [0, 0.1) is 11.6 Å².